The number of amides is 2. The number of hydrogen-bond acceptors (Lipinski definition) is 6. The molecule has 0 unspecified atom stereocenters. The lowest BCUT2D eigenvalue weighted by Crippen LogP contribution is -2.48. The molecular weight excluding hydrogens is 455 g/mol. The lowest BCUT2D eigenvalue weighted by Gasteiger charge is -2.34. The number of furan rings is 1. The Hall–Kier alpha value is -3.92. The number of halogens is 1. The molecule has 1 aliphatic heterocycles. The van der Waals surface area contributed by atoms with Gasteiger partial charge >= 0.3 is 0 Å². The zero-order chi connectivity index (χ0) is 24.8. The van der Waals surface area contributed by atoms with Crippen LogP contribution in [0.5, 0.6) is 5.75 Å². The number of aromatic nitrogens is 1. The number of nitrogens with zero attached hydrogens (tertiary/aromatic N) is 3. The van der Waals surface area contributed by atoms with E-state index in [1.165, 1.54) is 37.8 Å². The molecule has 2 amide bonds. The maximum atomic E-state index is 13.1. The minimum atomic E-state index is -0.337. The van der Waals surface area contributed by atoms with Gasteiger partial charge in [0.25, 0.3) is 5.91 Å². The molecule has 10 heteroatoms. The molecule has 3 heterocycles. The molecular formula is C25H27FN4O5. The number of piperazine rings is 1. The van der Waals surface area contributed by atoms with Crippen LogP contribution in [-0.2, 0) is 24.4 Å². The van der Waals surface area contributed by atoms with Crippen LogP contribution in [0, 0.1) is 5.82 Å². The van der Waals surface area contributed by atoms with Crippen LogP contribution in [0.3, 0.4) is 0 Å². The van der Waals surface area contributed by atoms with Crippen LogP contribution in [0.25, 0.3) is 0 Å². The SMILES string of the molecule is COc1cn(CC(=O)NCc2ccc(F)cc2)c(CN2CCN(C(=O)c3ccco3)CC2)cc1=O. The van der Waals surface area contributed by atoms with E-state index in [2.05, 4.69) is 10.2 Å². The third kappa shape index (κ3) is 6.15. The summed E-state index contributed by atoms with van der Waals surface area (Å²) in [7, 11) is 1.41. The Kier molecular flexibility index (Phi) is 7.61. The topological polar surface area (TPSA) is 97.0 Å². The molecule has 1 saturated heterocycles. The van der Waals surface area contributed by atoms with Crippen LogP contribution >= 0.6 is 0 Å². The fourth-order valence-electron chi connectivity index (χ4n) is 3.94. The highest BCUT2D eigenvalue weighted by molar-refractivity contribution is 5.91. The van der Waals surface area contributed by atoms with Crippen LogP contribution in [0.4, 0.5) is 4.39 Å². The second-order valence-corrected chi connectivity index (χ2v) is 8.27. The first-order valence-corrected chi connectivity index (χ1v) is 11.3. The average Bonchev–Trinajstić information content (AvgIpc) is 3.40. The van der Waals surface area contributed by atoms with E-state index in [1.807, 2.05) is 0 Å². The molecule has 0 aliphatic carbocycles. The summed E-state index contributed by atoms with van der Waals surface area (Å²) in [6.07, 6.45) is 3.01. The van der Waals surface area contributed by atoms with Crippen molar-refractivity contribution < 1.29 is 23.1 Å². The van der Waals surface area contributed by atoms with Gasteiger partial charge in [0.1, 0.15) is 12.4 Å². The highest BCUT2D eigenvalue weighted by Gasteiger charge is 2.24. The van der Waals surface area contributed by atoms with Crippen molar-refractivity contribution in [3.8, 4) is 5.75 Å². The zero-order valence-electron chi connectivity index (χ0n) is 19.4. The highest BCUT2D eigenvalue weighted by Crippen LogP contribution is 2.14. The van der Waals surface area contributed by atoms with Crippen molar-refractivity contribution in [1.82, 2.24) is 19.7 Å². The van der Waals surface area contributed by atoms with Crippen molar-refractivity contribution in [2.75, 3.05) is 33.3 Å². The maximum Gasteiger partial charge on any atom is 0.289 e. The van der Waals surface area contributed by atoms with Crippen molar-refractivity contribution in [2.45, 2.75) is 19.6 Å². The first-order chi connectivity index (χ1) is 16.9. The summed E-state index contributed by atoms with van der Waals surface area (Å²) in [6.45, 7) is 2.97. The minimum Gasteiger partial charge on any atom is -0.491 e. The molecule has 1 fully saturated rings. The van der Waals surface area contributed by atoms with Crippen LogP contribution in [-0.4, -0.2) is 59.5 Å². The van der Waals surface area contributed by atoms with Crippen LogP contribution in [0.2, 0.25) is 0 Å². The summed E-state index contributed by atoms with van der Waals surface area (Å²) >= 11 is 0. The second kappa shape index (κ2) is 11.0. The molecule has 0 saturated carbocycles. The fraction of sp³-hybridized carbons (Fsp3) is 0.320. The van der Waals surface area contributed by atoms with E-state index in [1.54, 1.807) is 33.7 Å². The van der Waals surface area contributed by atoms with Crippen molar-refractivity contribution in [1.29, 1.82) is 0 Å². The summed E-state index contributed by atoms with van der Waals surface area (Å²) < 4.78 is 25.1. The summed E-state index contributed by atoms with van der Waals surface area (Å²) in [5.74, 6) is -0.275. The molecule has 0 atom stereocenters. The predicted octanol–water partition coefficient (Wildman–Crippen LogP) is 1.86. The summed E-state index contributed by atoms with van der Waals surface area (Å²) in [5.41, 5.74) is 1.18. The maximum absolute atomic E-state index is 13.1. The Labute approximate surface area is 201 Å². The number of methoxy groups -OCH3 is 1. The minimum absolute atomic E-state index is 0.00981. The summed E-state index contributed by atoms with van der Waals surface area (Å²) in [6, 6.07) is 10.7. The number of ether oxygens (including phenoxy) is 1. The van der Waals surface area contributed by atoms with E-state index in [0.29, 0.717) is 44.2 Å². The molecule has 184 valence electrons. The van der Waals surface area contributed by atoms with Crippen LogP contribution < -0.4 is 15.5 Å². The molecule has 1 aliphatic rings. The van der Waals surface area contributed by atoms with Gasteiger partial charge in [0.05, 0.1) is 19.6 Å². The quantitative estimate of drug-likeness (QED) is 0.527. The van der Waals surface area contributed by atoms with Gasteiger partial charge < -0.3 is 23.9 Å². The highest BCUT2D eigenvalue weighted by atomic mass is 19.1. The predicted molar refractivity (Wildman–Crippen MR) is 125 cm³/mol. The standard InChI is InChI=1S/C25H27FN4O5/c1-34-23-16-30(17-24(32)27-14-18-4-6-19(26)7-5-18)20(13-21(23)31)15-28-8-10-29(11-9-28)25(33)22-3-2-12-35-22/h2-7,12-13,16H,8-11,14-15,17H2,1H3,(H,27,32). The van der Waals surface area contributed by atoms with E-state index in [-0.39, 0.29) is 41.9 Å². The Morgan fingerprint density at radius 1 is 1.11 bits per heavy atom. The number of benzene rings is 1. The van der Waals surface area contributed by atoms with Gasteiger partial charge in [-0.1, -0.05) is 12.1 Å². The normalized spacial score (nSPS) is 14.1. The fourth-order valence-corrected chi connectivity index (χ4v) is 3.94. The Bertz CT molecular complexity index is 1220. The van der Waals surface area contributed by atoms with Gasteiger partial charge in [-0.15, -0.1) is 0 Å². The number of rotatable bonds is 8. The smallest absolute Gasteiger partial charge is 0.289 e. The number of hydrogen-bond donors (Lipinski definition) is 1. The number of pyridine rings is 1. The number of carbonyl (C=O) groups is 2. The van der Waals surface area contributed by atoms with Crippen LogP contribution in [0.1, 0.15) is 21.8 Å². The van der Waals surface area contributed by atoms with Gasteiger partial charge in [0.15, 0.2) is 11.5 Å². The number of carbonyl (C=O) groups excluding carboxylic acids is 2. The Morgan fingerprint density at radius 3 is 2.51 bits per heavy atom. The van der Waals surface area contributed by atoms with Crippen molar-refractivity contribution >= 4 is 11.8 Å². The van der Waals surface area contributed by atoms with Gasteiger partial charge in [0.2, 0.25) is 11.3 Å². The van der Waals surface area contributed by atoms with E-state index in [9.17, 15) is 18.8 Å². The molecule has 9 nitrogen and oxygen atoms in total. The first kappa shape index (κ1) is 24.2. The molecule has 3 aromatic rings. The lowest BCUT2D eigenvalue weighted by molar-refractivity contribution is -0.121. The number of nitrogens with one attached hydrogen (secondary N) is 1. The second-order valence-electron chi connectivity index (χ2n) is 8.27. The first-order valence-electron chi connectivity index (χ1n) is 11.3. The monoisotopic (exact) mass is 482 g/mol. The lowest BCUT2D eigenvalue weighted by atomic mass is 10.2. The van der Waals surface area contributed by atoms with E-state index >= 15 is 0 Å². The van der Waals surface area contributed by atoms with Crippen LogP contribution in [0.15, 0.2) is 64.1 Å². The molecule has 0 bridgehead atoms. The zero-order valence-corrected chi connectivity index (χ0v) is 19.4. The van der Waals surface area contributed by atoms with Gasteiger partial charge in [-0.25, -0.2) is 4.39 Å². The average molecular weight is 483 g/mol. The van der Waals surface area contributed by atoms with Gasteiger partial charge in [0, 0.05) is 51.0 Å². The largest absolute Gasteiger partial charge is 0.491 e. The Balaban J connectivity index is 1.39. The molecule has 0 spiro atoms. The summed E-state index contributed by atoms with van der Waals surface area (Å²) in [5, 5.41) is 2.81. The Morgan fingerprint density at radius 2 is 1.86 bits per heavy atom. The molecule has 0 radical (unpaired) electrons. The molecule has 2 aromatic heterocycles. The van der Waals surface area contributed by atoms with E-state index in [4.69, 9.17) is 9.15 Å². The third-order valence-electron chi connectivity index (χ3n) is 5.90. The van der Waals surface area contributed by atoms with Gasteiger partial charge in [-0.3, -0.25) is 19.3 Å². The molecule has 1 N–H and O–H groups in total. The van der Waals surface area contributed by atoms with Crippen molar-refractivity contribution in [2.24, 2.45) is 0 Å². The molecule has 1 aromatic carbocycles. The van der Waals surface area contributed by atoms with E-state index in [0.717, 1.165) is 5.56 Å². The van der Waals surface area contributed by atoms with Gasteiger partial charge in [-0.2, -0.15) is 0 Å². The summed E-state index contributed by atoms with van der Waals surface area (Å²) in [4.78, 5) is 41.4. The van der Waals surface area contributed by atoms with E-state index < -0.39 is 0 Å². The molecule has 4 rings (SSSR count). The van der Waals surface area contributed by atoms with Crippen molar-refractivity contribution in [3.63, 3.8) is 0 Å². The van der Waals surface area contributed by atoms with Gasteiger partial charge in [-0.05, 0) is 29.8 Å². The van der Waals surface area contributed by atoms with Crippen molar-refractivity contribution in [3.05, 3.63) is 88.0 Å². The molecule has 35 heavy (non-hydrogen) atoms. The third-order valence-corrected chi connectivity index (χ3v) is 5.90.